The van der Waals surface area contributed by atoms with Gasteiger partial charge in [-0.15, -0.1) is 0 Å². The van der Waals surface area contributed by atoms with Crippen molar-refractivity contribution < 1.29 is 64.6 Å². The molecule has 2 aliphatic rings. The summed E-state index contributed by atoms with van der Waals surface area (Å²) in [4.78, 5) is 13.4. The van der Waals surface area contributed by atoms with Crippen LogP contribution in [0.5, 0.6) is 0 Å². The first-order chi connectivity index (χ1) is 43.6. The van der Waals surface area contributed by atoms with Crippen molar-refractivity contribution in [3.8, 4) is 0 Å². The lowest BCUT2D eigenvalue weighted by Crippen LogP contribution is -2.65. The number of amides is 1. The number of ether oxygens (including phenoxy) is 4. The second-order valence-electron chi connectivity index (χ2n) is 26.4. The SMILES string of the molecule is CC/C=C\C/C=C\C/C=C\C/C=C\CCCCCCCCCCCCCCCCC(=O)NC(COC1OC(CO)C(OC2OC(CO)C(O)C(O)C2O)C(O)C1O)C(O)CCCCCCCCCCCCCCCCCCCCCCCCCCCCCC. The number of carbonyl (C=O) groups is 1. The highest BCUT2D eigenvalue weighted by atomic mass is 16.7. The third-order valence-electron chi connectivity index (χ3n) is 18.3. The van der Waals surface area contributed by atoms with Gasteiger partial charge in [-0.25, -0.2) is 0 Å². The van der Waals surface area contributed by atoms with E-state index in [-0.39, 0.29) is 12.5 Å². The normalized spacial score (nSPS) is 23.3. The van der Waals surface area contributed by atoms with Crippen LogP contribution in [0.2, 0.25) is 0 Å². The maximum atomic E-state index is 13.4. The van der Waals surface area contributed by atoms with Crippen molar-refractivity contribution in [1.29, 1.82) is 0 Å². The average Bonchev–Trinajstić information content (AvgIpc) is 2.75. The van der Waals surface area contributed by atoms with Crippen LogP contribution in [0.4, 0.5) is 0 Å². The van der Waals surface area contributed by atoms with E-state index in [0.29, 0.717) is 12.8 Å². The number of hydrogen-bond acceptors (Lipinski definition) is 13. The number of nitrogens with one attached hydrogen (secondary N) is 1. The van der Waals surface area contributed by atoms with E-state index < -0.39 is 86.8 Å². The second-order valence-corrected chi connectivity index (χ2v) is 26.4. The van der Waals surface area contributed by atoms with Gasteiger partial charge in [-0.2, -0.15) is 0 Å². The number of aliphatic hydroxyl groups is 8. The van der Waals surface area contributed by atoms with Crippen LogP contribution in [-0.2, 0) is 23.7 Å². The molecule has 2 rings (SSSR count). The lowest BCUT2D eigenvalue weighted by molar-refractivity contribution is -0.359. The van der Waals surface area contributed by atoms with E-state index in [1.54, 1.807) is 0 Å². The summed E-state index contributed by atoms with van der Waals surface area (Å²) in [6.45, 7) is 2.80. The molecule has 0 aromatic heterocycles. The minimum Gasteiger partial charge on any atom is -0.394 e. The Labute approximate surface area is 543 Å². The summed E-state index contributed by atoms with van der Waals surface area (Å²) in [5, 5.41) is 87.8. The Hall–Kier alpha value is -2.05. The van der Waals surface area contributed by atoms with Gasteiger partial charge in [-0.05, 0) is 51.4 Å². The molecule has 14 heteroatoms. The van der Waals surface area contributed by atoms with Gasteiger partial charge in [0.2, 0.25) is 5.91 Å². The smallest absolute Gasteiger partial charge is 0.220 e. The first-order valence-electron chi connectivity index (χ1n) is 37.4. The Bertz CT molecular complexity index is 1680. The molecule has 0 aliphatic carbocycles. The summed E-state index contributed by atoms with van der Waals surface area (Å²) in [7, 11) is 0. The van der Waals surface area contributed by atoms with E-state index in [9.17, 15) is 45.6 Å². The Morgan fingerprint density at radius 1 is 0.416 bits per heavy atom. The van der Waals surface area contributed by atoms with Gasteiger partial charge < -0.3 is 65.1 Å². The summed E-state index contributed by atoms with van der Waals surface area (Å²) in [6, 6.07) is -0.832. The molecule has 0 spiro atoms. The molecule has 1 amide bonds. The fraction of sp³-hybridized carbons (Fsp3) is 0.880. The highest BCUT2D eigenvalue weighted by Gasteiger charge is 2.51. The molecular weight excluding hydrogens is 1120 g/mol. The Morgan fingerprint density at radius 3 is 1.19 bits per heavy atom. The van der Waals surface area contributed by atoms with Crippen LogP contribution in [0.25, 0.3) is 0 Å². The summed E-state index contributed by atoms with van der Waals surface area (Å²) < 4.78 is 23.0. The van der Waals surface area contributed by atoms with Crippen molar-refractivity contribution in [2.75, 3.05) is 19.8 Å². The van der Waals surface area contributed by atoms with Gasteiger partial charge in [0.25, 0.3) is 0 Å². The standard InChI is InChI=1S/C75H139NO13/c1-3-5-7-9-11-13-15-17-19-21-23-25-27-29-31-33-34-36-38-40-42-44-46-48-50-52-54-56-58-64(79)63(62-86-74-72(85)70(83)73(66(61-78)88-74)89-75-71(84)69(82)68(81)65(60-77)87-75)76-67(80)59-57-55-53-51-49-47-45-43-41-39-37-35-32-30-28-26-24-22-20-18-16-14-12-10-8-6-4-2/h6,8,12,14,18,20,24,26,63-66,68-75,77-79,81-85H,3-5,7,9-11,13,15-17,19,21-23,25,27-62H2,1-2H3,(H,76,80)/b8-6-,14-12-,20-18-,26-24-. The number of allylic oxidation sites excluding steroid dienone is 8. The van der Waals surface area contributed by atoms with Gasteiger partial charge in [-0.1, -0.05) is 319 Å². The number of aliphatic hydroxyl groups excluding tert-OH is 8. The van der Waals surface area contributed by atoms with Gasteiger partial charge in [0.05, 0.1) is 32.0 Å². The average molecular weight is 1260 g/mol. The third-order valence-corrected chi connectivity index (χ3v) is 18.3. The van der Waals surface area contributed by atoms with Crippen molar-refractivity contribution in [2.45, 2.75) is 402 Å². The van der Waals surface area contributed by atoms with Crippen LogP contribution in [0.3, 0.4) is 0 Å². The maximum Gasteiger partial charge on any atom is 0.220 e. The maximum absolute atomic E-state index is 13.4. The molecule has 89 heavy (non-hydrogen) atoms. The van der Waals surface area contributed by atoms with E-state index in [1.165, 1.54) is 225 Å². The van der Waals surface area contributed by atoms with Crippen molar-refractivity contribution in [3.05, 3.63) is 48.6 Å². The van der Waals surface area contributed by atoms with Gasteiger partial charge in [-0.3, -0.25) is 4.79 Å². The van der Waals surface area contributed by atoms with Gasteiger partial charge in [0, 0.05) is 6.42 Å². The fourth-order valence-corrected chi connectivity index (χ4v) is 12.4. The monoisotopic (exact) mass is 1260 g/mol. The van der Waals surface area contributed by atoms with Gasteiger partial charge in [0.1, 0.15) is 48.8 Å². The number of hydrogen-bond donors (Lipinski definition) is 9. The topological polar surface area (TPSA) is 228 Å². The van der Waals surface area contributed by atoms with Gasteiger partial charge >= 0.3 is 0 Å². The second kappa shape index (κ2) is 59.7. The van der Waals surface area contributed by atoms with Crippen molar-refractivity contribution >= 4 is 5.91 Å². The molecule has 0 saturated carbocycles. The van der Waals surface area contributed by atoms with E-state index in [2.05, 4.69) is 67.8 Å². The lowest BCUT2D eigenvalue weighted by Gasteiger charge is -2.46. The molecule has 2 fully saturated rings. The molecule has 12 unspecified atom stereocenters. The van der Waals surface area contributed by atoms with E-state index in [0.717, 1.165) is 77.0 Å². The molecule has 14 nitrogen and oxygen atoms in total. The number of rotatable bonds is 62. The highest BCUT2D eigenvalue weighted by molar-refractivity contribution is 5.76. The molecule has 9 N–H and O–H groups in total. The number of carbonyl (C=O) groups excluding carboxylic acids is 1. The fourth-order valence-electron chi connectivity index (χ4n) is 12.4. The zero-order valence-electron chi connectivity index (χ0n) is 56.9. The summed E-state index contributed by atoms with van der Waals surface area (Å²) in [6.07, 6.45) is 61.3. The zero-order valence-corrected chi connectivity index (χ0v) is 56.9. The predicted molar refractivity (Wildman–Crippen MR) is 364 cm³/mol. The molecule has 0 radical (unpaired) electrons. The highest BCUT2D eigenvalue weighted by Crippen LogP contribution is 2.30. The number of unbranched alkanes of at least 4 members (excludes halogenated alkanes) is 41. The summed E-state index contributed by atoms with van der Waals surface area (Å²) in [5.41, 5.74) is 0. The Balaban J connectivity index is 1.64. The molecular formula is C75H139NO13. The van der Waals surface area contributed by atoms with Crippen LogP contribution >= 0.6 is 0 Å². The largest absolute Gasteiger partial charge is 0.394 e. The predicted octanol–water partition coefficient (Wildman–Crippen LogP) is 15.9. The molecule has 2 heterocycles. The minimum absolute atomic E-state index is 0.203. The van der Waals surface area contributed by atoms with Crippen LogP contribution in [-0.4, -0.2) is 140 Å². The van der Waals surface area contributed by atoms with Gasteiger partial charge in [0.15, 0.2) is 12.6 Å². The first kappa shape index (κ1) is 83.0. The Kier molecular flexibility index (Phi) is 55.7. The molecule has 2 aliphatic heterocycles. The minimum atomic E-state index is -1.78. The molecule has 2 saturated heterocycles. The van der Waals surface area contributed by atoms with Crippen molar-refractivity contribution in [1.82, 2.24) is 5.32 Å². The van der Waals surface area contributed by atoms with Crippen molar-refractivity contribution in [2.24, 2.45) is 0 Å². The van der Waals surface area contributed by atoms with Crippen LogP contribution < -0.4 is 5.32 Å². The zero-order chi connectivity index (χ0) is 64.5. The first-order valence-corrected chi connectivity index (χ1v) is 37.4. The van der Waals surface area contributed by atoms with Crippen LogP contribution in [0.1, 0.15) is 328 Å². The van der Waals surface area contributed by atoms with Crippen molar-refractivity contribution in [3.63, 3.8) is 0 Å². The molecule has 12 atom stereocenters. The Morgan fingerprint density at radius 2 is 0.775 bits per heavy atom. The van der Waals surface area contributed by atoms with E-state index in [4.69, 9.17) is 18.9 Å². The van der Waals surface area contributed by atoms with Crippen LogP contribution in [0.15, 0.2) is 48.6 Å². The molecule has 522 valence electrons. The van der Waals surface area contributed by atoms with E-state index in [1.807, 2.05) is 0 Å². The lowest BCUT2D eigenvalue weighted by atomic mass is 9.97. The quantitative estimate of drug-likeness (QED) is 0.0204. The summed E-state index contributed by atoms with van der Waals surface area (Å²) >= 11 is 0. The molecule has 0 aromatic rings. The third kappa shape index (κ3) is 43.5. The molecule has 0 bridgehead atoms. The van der Waals surface area contributed by atoms with E-state index >= 15 is 0 Å². The van der Waals surface area contributed by atoms with Crippen LogP contribution in [0, 0.1) is 0 Å². The summed E-state index contributed by atoms with van der Waals surface area (Å²) in [5.74, 6) is -0.203. The molecule has 0 aromatic carbocycles.